The maximum Gasteiger partial charge on any atom is 0.472 e. The Hall–Kier alpha value is -1.80. The van der Waals surface area contributed by atoms with Gasteiger partial charge in [-0.3, -0.25) is 13.8 Å². The highest BCUT2D eigenvalue weighted by atomic mass is 31.2. The summed E-state index contributed by atoms with van der Waals surface area (Å²) in [6, 6.07) is -0.870. The second-order valence-electron chi connectivity index (χ2n) is 19.6. The molecule has 0 aliphatic rings. The highest BCUT2D eigenvalue weighted by Crippen LogP contribution is 2.43. The third-order valence-electron chi connectivity index (χ3n) is 12.0. The average molecular weight is 934 g/mol. The molecule has 0 bridgehead atoms. The molecule has 0 saturated heterocycles. The Balaban J connectivity index is 4.34. The van der Waals surface area contributed by atoms with Crippen LogP contribution in [0.3, 0.4) is 0 Å². The third kappa shape index (κ3) is 49.9. The Morgan fingerprint density at radius 2 is 0.892 bits per heavy atom. The first-order chi connectivity index (χ1) is 31.5. The Morgan fingerprint density at radius 3 is 1.34 bits per heavy atom. The van der Waals surface area contributed by atoms with Crippen LogP contribution >= 0.6 is 7.82 Å². The summed E-state index contributed by atoms with van der Waals surface area (Å²) in [5, 5.41) is 13.9. The molecule has 0 radical (unpaired) electrons. The summed E-state index contributed by atoms with van der Waals surface area (Å²) in [5.41, 5.74) is 0. The highest BCUT2D eigenvalue weighted by Gasteiger charge is 2.27. The molecule has 380 valence electrons. The van der Waals surface area contributed by atoms with Gasteiger partial charge in [0.2, 0.25) is 5.91 Å². The number of nitrogens with zero attached hydrogens (tertiary/aromatic N) is 1. The lowest BCUT2D eigenvalue weighted by Gasteiger charge is -2.25. The summed E-state index contributed by atoms with van der Waals surface area (Å²) in [5.74, 6) is -0.194. The molecule has 3 unspecified atom stereocenters. The lowest BCUT2D eigenvalue weighted by molar-refractivity contribution is -0.870. The normalized spacial score (nSPS) is 14.5. The largest absolute Gasteiger partial charge is 0.472 e. The van der Waals surface area contributed by atoms with Crippen molar-refractivity contribution in [3.8, 4) is 0 Å². The molecule has 0 aromatic rings. The Morgan fingerprint density at radius 1 is 0.523 bits per heavy atom. The molecule has 1 amide bonds. The van der Waals surface area contributed by atoms with E-state index in [9.17, 15) is 19.4 Å². The van der Waals surface area contributed by atoms with E-state index in [1.165, 1.54) is 161 Å². The first kappa shape index (κ1) is 63.2. The number of likely N-dealkylation sites (N-methyl/N-ethyl adjacent to an activating group) is 1. The van der Waals surface area contributed by atoms with Crippen LogP contribution in [0.25, 0.3) is 0 Å². The lowest BCUT2D eigenvalue weighted by atomic mass is 10.0. The molecule has 0 saturated carbocycles. The van der Waals surface area contributed by atoms with Gasteiger partial charge in [0.1, 0.15) is 13.2 Å². The number of carbonyl (C=O) groups is 1. The second kappa shape index (κ2) is 47.3. The van der Waals surface area contributed by atoms with Crippen molar-refractivity contribution in [2.75, 3.05) is 40.9 Å². The van der Waals surface area contributed by atoms with Crippen LogP contribution < -0.4 is 5.32 Å². The minimum atomic E-state index is -4.36. The van der Waals surface area contributed by atoms with Crippen LogP contribution in [-0.4, -0.2) is 73.4 Å². The first-order valence-electron chi connectivity index (χ1n) is 27.2. The van der Waals surface area contributed by atoms with Gasteiger partial charge in [-0.1, -0.05) is 222 Å². The summed E-state index contributed by atoms with van der Waals surface area (Å²) in [6.07, 6.45) is 63.1. The monoisotopic (exact) mass is 934 g/mol. The number of aliphatic hydroxyl groups excluding tert-OH is 1. The van der Waals surface area contributed by atoms with Crippen molar-refractivity contribution in [3.63, 3.8) is 0 Å². The van der Waals surface area contributed by atoms with E-state index in [1.54, 1.807) is 6.08 Å². The zero-order chi connectivity index (χ0) is 47.8. The van der Waals surface area contributed by atoms with Gasteiger partial charge >= 0.3 is 7.82 Å². The van der Waals surface area contributed by atoms with Gasteiger partial charge < -0.3 is 19.8 Å². The predicted octanol–water partition coefficient (Wildman–Crippen LogP) is 16.1. The number of hydrogen-bond acceptors (Lipinski definition) is 5. The predicted molar refractivity (Wildman–Crippen MR) is 281 cm³/mol. The third-order valence-corrected chi connectivity index (χ3v) is 12.9. The van der Waals surface area contributed by atoms with E-state index in [1.807, 2.05) is 27.2 Å². The van der Waals surface area contributed by atoms with Crippen LogP contribution in [0, 0.1) is 0 Å². The Labute approximate surface area is 402 Å². The summed E-state index contributed by atoms with van der Waals surface area (Å²) in [6.45, 7) is 4.79. The molecule has 0 aliphatic carbocycles. The van der Waals surface area contributed by atoms with Crippen LogP contribution in [0.2, 0.25) is 0 Å². The molecule has 3 N–H and O–H groups in total. The molecular weight excluding hydrogens is 828 g/mol. The second-order valence-corrected chi connectivity index (χ2v) is 21.0. The van der Waals surface area contributed by atoms with E-state index in [4.69, 9.17) is 9.05 Å². The molecule has 3 atom stereocenters. The number of aliphatic hydroxyl groups is 1. The fraction of sp³-hybridized carbons (Fsp3) is 0.804. The van der Waals surface area contributed by atoms with Crippen molar-refractivity contribution in [2.24, 2.45) is 0 Å². The summed E-state index contributed by atoms with van der Waals surface area (Å²) < 4.78 is 23.7. The summed E-state index contributed by atoms with van der Waals surface area (Å²) >= 11 is 0. The number of amides is 1. The molecular formula is C56H106N2O6P+. The molecule has 0 spiro atoms. The van der Waals surface area contributed by atoms with Gasteiger partial charge in [0, 0.05) is 6.42 Å². The number of rotatable bonds is 49. The maximum atomic E-state index is 13.0. The number of phosphoric ester groups is 1. The van der Waals surface area contributed by atoms with E-state index in [-0.39, 0.29) is 19.1 Å². The van der Waals surface area contributed by atoms with Crippen molar-refractivity contribution >= 4 is 13.7 Å². The van der Waals surface area contributed by atoms with E-state index < -0.39 is 20.0 Å². The zero-order valence-corrected chi connectivity index (χ0v) is 44.1. The molecule has 0 rings (SSSR count). The van der Waals surface area contributed by atoms with Gasteiger partial charge in [-0.2, -0.15) is 0 Å². The van der Waals surface area contributed by atoms with Crippen LogP contribution in [-0.2, 0) is 18.4 Å². The fourth-order valence-electron chi connectivity index (χ4n) is 7.65. The first-order valence-corrected chi connectivity index (χ1v) is 28.7. The fourth-order valence-corrected chi connectivity index (χ4v) is 8.39. The maximum absolute atomic E-state index is 13.0. The van der Waals surface area contributed by atoms with E-state index in [0.717, 1.165) is 57.8 Å². The number of nitrogens with one attached hydrogen (secondary N) is 1. The smallest absolute Gasteiger partial charge is 0.387 e. The van der Waals surface area contributed by atoms with E-state index in [0.29, 0.717) is 17.4 Å². The molecule has 9 heteroatoms. The minimum absolute atomic E-state index is 0.0526. The van der Waals surface area contributed by atoms with Crippen LogP contribution in [0.4, 0.5) is 0 Å². The van der Waals surface area contributed by atoms with Crippen LogP contribution in [0.1, 0.15) is 239 Å². The molecule has 0 aromatic carbocycles. The van der Waals surface area contributed by atoms with Gasteiger partial charge in [-0.05, 0) is 70.6 Å². The van der Waals surface area contributed by atoms with Gasteiger partial charge in [0.05, 0.1) is 39.9 Å². The number of carbonyl (C=O) groups excluding carboxylic acids is 1. The van der Waals surface area contributed by atoms with Gasteiger partial charge in [0.25, 0.3) is 0 Å². The quantitative estimate of drug-likeness (QED) is 0.0243. The van der Waals surface area contributed by atoms with Crippen LogP contribution in [0.5, 0.6) is 0 Å². The summed E-state index contributed by atoms with van der Waals surface area (Å²) in [4.78, 5) is 23.3. The average Bonchev–Trinajstić information content (AvgIpc) is 3.26. The van der Waals surface area contributed by atoms with Gasteiger partial charge in [0.15, 0.2) is 0 Å². The zero-order valence-electron chi connectivity index (χ0n) is 43.2. The van der Waals surface area contributed by atoms with Crippen molar-refractivity contribution in [1.29, 1.82) is 0 Å². The minimum Gasteiger partial charge on any atom is -0.387 e. The Kier molecular flexibility index (Phi) is 46.0. The van der Waals surface area contributed by atoms with Crippen LogP contribution in [0.15, 0.2) is 60.8 Å². The number of unbranched alkanes of at least 4 members (excludes halogenated alkanes) is 28. The number of hydrogen-bond donors (Lipinski definition) is 3. The number of allylic oxidation sites excluding steroid dienone is 9. The SMILES string of the molecule is CCCCCCC/C=C\C/C=C\C/C=C\CCCCCCCCCCC(=O)NC(COP(=O)(O)OCC[N+](C)(C)C)C(O)/C=C/CC/C=C/CCCCCCCCCCCCCCCC. The molecule has 0 heterocycles. The number of phosphoric acid groups is 1. The highest BCUT2D eigenvalue weighted by molar-refractivity contribution is 7.47. The summed E-state index contributed by atoms with van der Waals surface area (Å²) in [7, 11) is 1.55. The van der Waals surface area contributed by atoms with E-state index in [2.05, 4.69) is 67.8 Å². The molecule has 65 heavy (non-hydrogen) atoms. The van der Waals surface area contributed by atoms with Gasteiger partial charge in [-0.25, -0.2) is 4.57 Å². The molecule has 8 nitrogen and oxygen atoms in total. The lowest BCUT2D eigenvalue weighted by Crippen LogP contribution is -2.45. The Bertz CT molecular complexity index is 1240. The number of quaternary nitrogens is 1. The molecule has 0 aliphatic heterocycles. The van der Waals surface area contributed by atoms with Gasteiger partial charge in [-0.15, -0.1) is 0 Å². The molecule has 0 aromatic heterocycles. The standard InChI is InChI=1S/C56H105N2O6P/c1-6-8-10-12-14-16-18-20-22-24-26-28-29-30-32-34-36-38-40-42-44-46-48-50-56(60)57-54(53-64-65(61,62)63-52-51-58(3,4)5)55(59)49-47-45-43-41-39-37-35-33-31-27-25-23-21-19-17-15-13-11-9-7-2/h18,20,24,26,29-30,39,41,47,49,54-55,59H,6-17,19,21-23,25,27-28,31-38,40,42-46,48,50-53H2,1-5H3,(H-,57,60,61,62)/p+1/b20-18-,26-24-,30-29-,41-39+,49-47+. The topological polar surface area (TPSA) is 105 Å². The van der Waals surface area contributed by atoms with Crippen molar-refractivity contribution < 1.29 is 32.9 Å². The molecule has 0 fully saturated rings. The van der Waals surface area contributed by atoms with E-state index >= 15 is 0 Å². The van der Waals surface area contributed by atoms with Crippen molar-refractivity contribution in [1.82, 2.24) is 5.32 Å². The van der Waals surface area contributed by atoms with Crippen molar-refractivity contribution in [3.05, 3.63) is 60.8 Å². The van der Waals surface area contributed by atoms with Crippen molar-refractivity contribution in [2.45, 2.75) is 251 Å².